The minimum atomic E-state index is 0. The maximum atomic E-state index is 12.2. The topological polar surface area (TPSA) is 94.0 Å². The maximum absolute atomic E-state index is 12.2. The predicted molar refractivity (Wildman–Crippen MR) is 103 cm³/mol. The lowest BCUT2D eigenvalue weighted by Crippen LogP contribution is -2.44. The Morgan fingerprint density at radius 2 is 2.00 bits per heavy atom. The predicted octanol–water partition coefficient (Wildman–Crippen LogP) is 3.38. The van der Waals surface area contributed by atoms with Crippen LogP contribution in [0.2, 0.25) is 5.02 Å². The van der Waals surface area contributed by atoms with Crippen LogP contribution in [0.4, 0.5) is 0 Å². The van der Waals surface area contributed by atoms with E-state index in [0.29, 0.717) is 42.0 Å². The van der Waals surface area contributed by atoms with E-state index in [9.17, 15) is 4.79 Å². The molecular formula is C18H24Cl2N4O2. The molecule has 2 aromatic rings. The Kier molecular flexibility index (Phi) is 7.87. The summed E-state index contributed by atoms with van der Waals surface area (Å²) >= 11 is 5.87. The zero-order valence-corrected chi connectivity index (χ0v) is 16.1. The van der Waals surface area contributed by atoms with Gasteiger partial charge >= 0.3 is 0 Å². The van der Waals surface area contributed by atoms with Crippen LogP contribution in [0.3, 0.4) is 0 Å². The first kappa shape index (κ1) is 20.7. The molecule has 3 N–H and O–H groups in total. The highest BCUT2D eigenvalue weighted by Crippen LogP contribution is 2.23. The second-order valence-electron chi connectivity index (χ2n) is 6.47. The third-order valence-electron chi connectivity index (χ3n) is 4.69. The molecular weight excluding hydrogens is 375 g/mol. The van der Waals surface area contributed by atoms with Gasteiger partial charge < -0.3 is 15.6 Å². The minimum absolute atomic E-state index is 0. The summed E-state index contributed by atoms with van der Waals surface area (Å²) < 4.78 is 5.24. The summed E-state index contributed by atoms with van der Waals surface area (Å²) in [6.45, 7) is 0.624. The average molecular weight is 399 g/mol. The largest absolute Gasteiger partial charge is 0.353 e. The van der Waals surface area contributed by atoms with Gasteiger partial charge in [0.1, 0.15) is 0 Å². The van der Waals surface area contributed by atoms with Gasteiger partial charge in [0.15, 0.2) is 0 Å². The number of halogens is 2. The molecule has 1 aromatic heterocycles. The Balaban J connectivity index is 0.00000243. The number of aryl methyl sites for hydroxylation is 1. The summed E-state index contributed by atoms with van der Waals surface area (Å²) in [5.74, 6) is 1.36. The number of amides is 1. The molecule has 0 spiro atoms. The zero-order valence-electron chi connectivity index (χ0n) is 14.5. The Labute approximate surface area is 164 Å². The van der Waals surface area contributed by atoms with E-state index < -0.39 is 0 Å². The van der Waals surface area contributed by atoms with Gasteiger partial charge in [-0.15, -0.1) is 12.4 Å². The highest BCUT2D eigenvalue weighted by molar-refractivity contribution is 6.30. The van der Waals surface area contributed by atoms with Crippen LogP contribution < -0.4 is 11.1 Å². The second kappa shape index (κ2) is 9.90. The standard InChI is InChI=1S/C18H23ClN4O2.ClH/c19-14-7-5-12(6-8-14)18-22-17(25-23-18)10-9-16(24)21-15-4-2-1-3-13(15)11-20;/h5-8,13,15H,1-4,9-11,20H2,(H,21,24);1H. The molecule has 0 radical (unpaired) electrons. The molecule has 1 aromatic carbocycles. The van der Waals surface area contributed by atoms with Crippen LogP contribution in [0.25, 0.3) is 11.4 Å². The molecule has 6 nitrogen and oxygen atoms in total. The highest BCUT2D eigenvalue weighted by atomic mass is 35.5. The van der Waals surface area contributed by atoms with Gasteiger partial charge in [-0.3, -0.25) is 4.79 Å². The van der Waals surface area contributed by atoms with Crippen LogP contribution in [0.5, 0.6) is 0 Å². The lowest BCUT2D eigenvalue weighted by atomic mass is 9.84. The lowest BCUT2D eigenvalue weighted by molar-refractivity contribution is -0.122. The Morgan fingerprint density at radius 1 is 1.27 bits per heavy atom. The molecule has 1 fully saturated rings. The van der Waals surface area contributed by atoms with E-state index in [4.69, 9.17) is 21.9 Å². The van der Waals surface area contributed by atoms with Crippen molar-refractivity contribution in [1.82, 2.24) is 15.5 Å². The number of hydrogen-bond donors (Lipinski definition) is 2. The van der Waals surface area contributed by atoms with Crippen molar-refractivity contribution in [2.45, 2.75) is 44.6 Å². The molecule has 1 amide bonds. The number of carbonyl (C=O) groups is 1. The van der Waals surface area contributed by atoms with Crippen molar-refractivity contribution in [1.29, 1.82) is 0 Å². The number of rotatable bonds is 6. The van der Waals surface area contributed by atoms with Crippen molar-refractivity contribution in [2.75, 3.05) is 6.54 Å². The summed E-state index contributed by atoms with van der Waals surface area (Å²) in [7, 11) is 0. The van der Waals surface area contributed by atoms with Gasteiger partial charge in [0.05, 0.1) is 0 Å². The maximum Gasteiger partial charge on any atom is 0.227 e. The molecule has 3 rings (SSSR count). The minimum Gasteiger partial charge on any atom is -0.353 e. The van der Waals surface area contributed by atoms with E-state index in [1.165, 1.54) is 6.42 Å². The number of benzene rings is 1. The van der Waals surface area contributed by atoms with E-state index in [1.54, 1.807) is 12.1 Å². The SMILES string of the molecule is Cl.NCC1CCCCC1NC(=O)CCc1nc(-c2ccc(Cl)cc2)no1. The second-order valence-corrected chi connectivity index (χ2v) is 6.91. The molecule has 26 heavy (non-hydrogen) atoms. The average Bonchev–Trinajstić information content (AvgIpc) is 3.10. The van der Waals surface area contributed by atoms with Crippen LogP contribution in [0, 0.1) is 5.92 Å². The summed E-state index contributed by atoms with van der Waals surface area (Å²) in [6, 6.07) is 7.41. The summed E-state index contributed by atoms with van der Waals surface area (Å²) in [5, 5.41) is 7.72. The van der Waals surface area contributed by atoms with Crippen molar-refractivity contribution >= 4 is 29.9 Å². The molecule has 2 unspecified atom stereocenters. The Bertz CT molecular complexity index is 705. The van der Waals surface area contributed by atoms with Crippen molar-refractivity contribution in [3.8, 4) is 11.4 Å². The monoisotopic (exact) mass is 398 g/mol. The normalized spacial score (nSPS) is 19.6. The van der Waals surface area contributed by atoms with E-state index in [0.717, 1.165) is 24.8 Å². The van der Waals surface area contributed by atoms with Crippen LogP contribution in [0.15, 0.2) is 28.8 Å². The summed E-state index contributed by atoms with van der Waals surface area (Å²) in [6.07, 6.45) is 5.20. The molecule has 0 saturated heterocycles. The van der Waals surface area contributed by atoms with Crippen LogP contribution in [-0.2, 0) is 11.2 Å². The number of nitrogens with two attached hydrogens (primary N) is 1. The Morgan fingerprint density at radius 3 is 2.73 bits per heavy atom. The smallest absolute Gasteiger partial charge is 0.227 e. The number of aromatic nitrogens is 2. The van der Waals surface area contributed by atoms with E-state index in [2.05, 4.69) is 15.5 Å². The van der Waals surface area contributed by atoms with Gasteiger partial charge in [0, 0.05) is 29.5 Å². The molecule has 1 aliphatic rings. The highest BCUT2D eigenvalue weighted by Gasteiger charge is 2.25. The molecule has 0 aliphatic heterocycles. The van der Waals surface area contributed by atoms with Crippen LogP contribution in [-0.4, -0.2) is 28.6 Å². The van der Waals surface area contributed by atoms with Gasteiger partial charge in [-0.05, 0) is 49.6 Å². The fourth-order valence-corrected chi connectivity index (χ4v) is 3.38. The van der Waals surface area contributed by atoms with Crippen molar-refractivity contribution in [3.05, 3.63) is 35.2 Å². The van der Waals surface area contributed by atoms with Crippen molar-refractivity contribution in [2.24, 2.45) is 11.7 Å². The summed E-state index contributed by atoms with van der Waals surface area (Å²) in [5.41, 5.74) is 6.64. The van der Waals surface area contributed by atoms with Gasteiger partial charge in [-0.1, -0.05) is 29.6 Å². The van der Waals surface area contributed by atoms with E-state index >= 15 is 0 Å². The molecule has 8 heteroatoms. The van der Waals surface area contributed by atoms with Crippen molar-refractivity contribution < 1.29 is 9.32 Å². The third kappa shape index (κ3) is 5.43. The fraction of sp³-hybridized carbons (Fsp3) is 0.500. The number of carbonyl (C=O) groups excluding carboxylic acids is 1. The summed E-state index contributed by atoms with van der Waals surface area (Å²) in [4.78, 5) is 16.5. The lowest BCUT2D eigenvalue weighted by Gasteiger charge is -2.31. The quantitative estimate of drug-likeness (QED) is 0.777. The first-order valence-electron chi connectivity index (χ1n) is 8.73. The third-order valence-corrected chi connectivity index (χ3v) is 4.95. The van der Waals surface area contributed by atoms with Gasteiger partial charge in [-0.2, -0.15) is 4.98 Å². The van der Waals surface area contributed by atoms with Gasteiger partial charge in [-0.25, -0.2) is 0 Å². The van der Waals surface area contributed by atoms with Gasteiger partial charge in [0.2, 0.25) is 17.6 Å². The first-order chi connectivity index (χ1) is 12.2. The number of nitrogens with zero attached hydrogens (tertiary/aromatic N) is 2. The molecule has 1 heterocycles. The number of nitrogens with one attached hydrogen (secondary N) is 1. The van der Waals surface area contributed by atoms with Crippen LogP contribution >= 0.6 is 24.0 Å². The molecule has 142 valence electrons. The molecule has 2 atom stereocenters. The fourth-order valence-electron chi connectivity index (χ4n) is 3.25. The van der Waals surface area contributed by atoms with Gasteiger partial charge in [0.25, 0.3) is 0 Å². The zero-order chi connectivity index (χ0) is 17.6. The molecule has 1 aliphatic carbocycles. The first-order valence-corrected chi connectivity index (χ1v) is 9.11. The molecule has 0 bridgehead atoms. The van der Waals surface area contributed by atoms with Crippen LogP contribution in [0.1, 0.15) is 38.0 Å². The molecule has 1 saturated carbocycles. The Hall–Kier alpha value is -1.63. The van der Waals surface area contributed by atoms with Crippen molar-refractivity contribution in [3.63, 3.8) is 0 Å². The number of hydrogen-bond acceptors (Lipinski definition) is 5. The van der Waals surface area contributed by atoms with E-state index in [1.807, 2.05) is 12.1 Å². The van der Waals surface area contributed by atoms with E-state index in [-0.39, 0.29) is 24.4 Å².